The molecule has 6 nitrogen and oxygen atoms in total. The zero-order chi connectivity index (χ0) is 20.7. The molecule has 3 rings (SSSR count). The molecule has 28 heavy (non-hydrogen) atoms. The Kier molecular flexibility index (Phi) is 5.77. The number of hydrogen-bond donors (Lipinski definition) is 0. The van der Waals surface area contributed by atoms with Crippen LogP contribution in [-0.4, -0.2) is 51.3 Å². The van der Waals surface area contributed by atoms with E-state index in [-0.39, 0.29) is 17.2 Å². The maximum Gasteiger partial charge on any atom is 0.340 e. The highest BCUT2D eigenvalue weighted by atomic mass is 28.4. The van der Waals surface area contributed by atoms with Crippen molar-refractivity contribution in [2.45, 2.75) is 83.1 Å². The normalized spacial score (nSPS) is 29.5. The first-order valence-corrected chi connectivity index (χ1v) is 12.7. The summed E-state index contributed by atoms with van der Waals surface area (Å²) in [6, 6.07) is 8.86. The Bertz CT molecular complexity index is 697. The van der Waals surface area contributed by atoms with Crippen LogP contribution in [0.4, 0.5) is 0 Å². The lowest BCUT2D eigenvalue weighted by atomic mass is 10.1. The summed E-state index contributed by atoms with van der Waals surface area (Å²) >= 11 is 0. The van der Waals surface area contributed by atoms with Crippen molar-refractivity contribution >= 4 is 14.3 Å². The van der Waals surface area contributed by atoms with E-state index >= 15 is 0 Å². The number of fused-ring (bicyclic) bond motifs is 1. The number of benzene rings is 1. The zero-order valence-electron chi connectivity index (χ0n) is 17.9. The van der Waals surface area contributed by atoms with Crippen molar-refractivity contribution in [2.75, 3.05) is 6.61 Å². The molecule has 0 aliphatic carbocycles. The summed E-state index contributed by atoms with van der Waals surface area (Å²) in [5, 5.41) is 0.0937. The van der Waals surface area contributed by atoms with E-state index in [2.05, 4.69) is 33.9 Å². The monoisotopic (exact) mass is 408 g/mol. The second-order valence-electron chi connectivity index (χ2n) is 9.45. The number of ether oxygens (including phenoxy) is 4. The molecule has 4 atom stereocenters. The van der Waals surface area contributed by atoms with E-state index in [9.17, 15) is 4.79 Å². The van der Waals surface area contributed by atoms with E-state index in [1.807, 2.05) is 19.9 Å². The van der Waals surface area contributed by atoms with E-state index in [0.29, 0.717) is 12.2 Å². The fraction of sp³-hybridized carbons (Fsp3) is 0.667. The van der Waals surface area contributed by atoms with Crippen LogP contribution in [-0.2, 0) is 23.4 Å². The highest BCUT2D eigenvalue weighted by Gasteiger charge is 2.57. The van der Waals surface area contributed by atoms with Crippen molar-refractivity contribution in [3.63, 3.8) is 0 Å². The van der Waals surface area contributed by atoms with E-state index in [0.717, 1.165) is 0 Å². The Hall–Kier alpha value is -1.25. The van der Waals surface area contributed by atoms with Crippen LogP contribution in [0.3, 0.4) is 0 Å². The molecule has 1 aromatic rings. The molecule has 0 N–H and O–H groups in total. The van der Waals surface area contributed by atoms with Crippen molar-refractivity contribution in [2.24, 2.45) is 0 Å². The van der Waals surface area contributed by atoms with Gasteiger partial charge in [0.1, 0.15) is 12.2 Å². The summed E-state index contributed by atoms with van der Waals surface area (Å²) in [5.74, 6) is -1.20. The summed E-state index contributed by atoms with van der Waals surface area (Å²) in [5.41, 5.74) is 0.474. The number of rotatable bonds is 5. The fourth-order valence-corrected chi connectivity index (χ4v) is 4.14. The van der Waals surface area contributed by atoms with Crippen LogP contribution in [0.15, 0.2) is 30.3 Å². The Morgan fingerprint density at radius 2 is 1.71 bits per heavy atom. The average molecular weight is 409 g/mol. The summed E-state index contributed by atoms with van der Waals surface area (Å²) in [6.07, 6.45) is -1.99. The third kappa shape index (κ3) is 4.49. The van der Waals surface area contributed by atoms with Crippen LogP contribution in [0, 0.1) is 0 Å². The van der Waals surface area contributed by atoms with Gasteiger partial charge in [-0.15, -0.1) is 0 Å². The maximum atomic E-state index is 12.5. The van der Waals surface area contributed by atoms with Crippen LogP contribution in [0.1, 0.15) is 45.0 Å². The molecule has 0 unspecified atom stereocenters. The van der Waals surface area contributed by atoms with Gasteiger partial charge >= 0.3 is 5.97 Å². The van der Waals surface area contributed by atoms with Gasteiger partial charge in [0.05, 0.1) is 12.2 Å². The lowest BCUT2D eigenvalue weighted by Gasteiger charge is -2.37. The number of esters is 1. The van der Waals surface area contributed by atoms with Gasteiger partial charge in [-0.3, -0.25) is 0 Å². The molecule has 2 saturated heterocycles. The zero-order valence-corrected chi connectivity index (χ0v) is 18.9. The first-order valence-electron chi connectivity index (χ1n) is 9.81. The minimum Gasteiger partial charge on any atom is -0.429 e. The van der Waals surface area contributed by atoms with Crippen molar-refractivity contribution < 1.29 is 28.2 Å². The highest BCUT2D eigenvalue weighted by molar-refractivity contribution is 6.74. The molecule has 7 heteroatoms. The van der Waals surface area contributed by atoms with Gasteiger partial charge in [0, 0.05) is 0 Å². The van der Waals surface area contributed by atoms with E-state index < -0.39 is 32.5 Å². The van der Waals surface area contributed by atoms with Crippen LogP contribution in [0.2, 0.25) is 18.1 Å². The standard InChI is InChI=1S/C21H32O6Si/c1-20(2,3)28(6,7)23-13-15-16-17(27-21(4,5)26-16)19(24-15)25-18(22)14-11-9-8-10-12-14/h8-12,15-17,19H,13H2,1-7H3/t15-,16-,17-,19+/m1/s1. The first kappa shape index (κ1) is 21.5. The number of carbonyl (C=O) groups excluding carboxylic acids is 1. The molecule has 0 bridgehead atoms. The van der Waals surface area contributed by atoms with Gasteiger partial charge in [0.2, 0.25) is 6.29 Å². The van der Waals surface area contributed by atoms with Gasteiger partial charge in [-0.05, 0) is 44.1 Å². The molecule has 1 aromatic carbocycles. The van der Waals surface area contributed by atoms with E-state index in [4.69, 9.17) is 23.4 Å². The van der Waals surface area contributed by atoms with Gasteiger partial charge in [0.15, 0.2) is 20.2 Å². The molecule has 0 amide bonds. The second-order valence-corrected chi connectivity index (χ2v) is 14.3. The van der Waals surface area contributed by atoms with Crippen molar-refractivity contribution in [1.82, 2.24) is 0 Å². The van der Waals surface area contributed by atoms with E-state index in [1.54, 1.807) is 24.3 Å². The molecule has 0 aromatic heterocycles. The largest absolute Gasteiger partial charge is 0.429 e. The van der Waals surface area contributed by atoms with Gasteiger partial charge in [-0.2, -0.15) is 0 Å². The molecular weight excluding hydrogens is 376 g/mol. The third-order valence-corrected chi connectivity index (χ3v) is 10.3. The van der Waals surface area contributed by atoms with Gasteiger partial charge in [0.25, 0.3) is 0 Å². The van der Waals surface area contributed by atoms with Crippen LogP contribution in [0.25, 0.3) is 0 Å². The van der Waals surface area contributed by atoms with Crippen molar-refractivity contribution in [3.8, 4) is 0 Å². The SMILES string of the molecule is CC1(C)O[C@H]2[C@H](OC(=O)c3ccccc3)O[C@H](CO[Si](C)(C)C(C)(C)C)[C@H]2O1. The van der Waals surface area contributed by atoms with Gasteiger partial charge in [-0.25, -0.2) is 4.79 Å². The fourth-order valence-electron chi connectivity index (χ4n) is 3.13. The Balaban J connectivity index is 1.70. The maximum absolute atomic E-state index is 12.5. The Morgan fingerprint density at radius 1 is 1.11 bits per heavy atom. The van der Waals surface area contributed by atoms with E-state index in [1.165, 1.54) is 0 Å². The average Bonchev–Trinajstić information content (AvgIpc) is 3.07. The minimum absolute atomic E-state index is 0.0937. The Labute approximate surface area is 168 Å². The number of carbonyl (C=O) groups is 1. The van der Waals surface area contributed by atoms with Crippen molar-refractivity contribution in [3.05, 3.63) is 35.9 Å². The van der Waals surface area contributed by atoms with Crippen LogP contribution in [0.5, 0.6) is 0 Å². The molecule has 2 fully saturated rings. The topological polar surface area (TPSA) is 63.2 Å². The Morgan fingerprint density at radius 3 is 2.32 bits per heavy atom. The second kappa shape index (κ2) is 7.53. The summed E-state index contributed by atoms with van der Waals surface area (Å²) in [7, 11) is -1.94. The molecule has 2 heterocycles. The molecule has 2 aliphatic heterocycles. The molecular formula is C21H32O6Si. The predicted molar refractivity (Wildman–Crippen MR) is 107 cm³/mol. The minimum atomic E-state index is -1.94. The molecule has 2 aliphatic rings. The molecule has 156 valence electrons. The van der Waals surface area contributed by atoms with Gasteiger partial charge in [-0.1, -0.05) is 39.0 Å². The van der Waals surface area contributed by atoms with Crippen LogP contribution < -0.4 is 0 Å². The molecule has 0 spiro atoms. The molecule has 0 radical (unpaired) electrons. The summed E-state index contributed by atoms with van der Waals surface area (Å²) in [6.45, 7) is 15.1. The highest BCUT2D eigenvalue weighted by Crippen LogP contribution is 2.41. The quantitative estimate of drug-likeness (QED) is 0.540. The van der Waals surface area contributed by atoms with Crippen molar-refractivity contribution in [1.29, 1.82) is 0 Å². The lowest BCUT2D eigenvalue weighted by molar-refractivity contribution is -0.222. The summed E-state index contributed by atoms with van der Waals surface area (Å²) < 4.78 is 30.0. The predicted octanol–water partition coefficient (Wildman–Crippen LogP) is 4.11. The first-order chi connectivity index (χ1) is 12.9. The lowest BCUT2D eigenvalue weighted by Crippen LogP contribution is -2.44. The molecule has 0 saturated carbocycles. The third-order valence-electron chi connectivity index (χ3n) is 5.75. The summed E-state index contributed by atoms with van der Waals surface area (Å²) in [4.78, 5) is 12.5. The smallest absolute Gasteiger partial charge is 0.340 e. The van der Waals surface area contributed by atoms with Gasteiger partial charge < -0.3 is 23.4 Å². The van der Waals surface area contributed by atoms with Crippen LogP contribution >= 0.6 is 0 Å². The number of hydrogen-bond acceptors (Lipinski definition) is 6.